The van der Waals surface area contributed by atoms with Crippen molar-refractivity contribution >= 4 is 35.2 Å². The van der Waals surface area contributed by atoms with Crippen molar-refractivity contribution < 1.29 is 24.5 Å². The normalized spacial score (nSPS) is 11.7. The van der Waals surface area contributed by atoms with E-state index in [1.807, 2.05) is 24.4 Å². The Labute approximate surface area is 319 Å². The number of benzene rings is 4. The molecule has 0 amide bonds. The third-order valence-electron chi connectivity index (χ3n) is 9.33. The maximum Gasteiger partial charge on any atom is 0.121 e. The van der Waals surface area contributed by atoms with Crippen LogP contribution in [0.2, 0.25) is 19.6 Å². The van der Waals surface area contributed by atoms with Crippen LogP contribution in [-0.2, 0) is 25.5 Å². The zero-order valence-electron chi connectivity index (χ0n) is 31.5. The first-order valence-electron chi connectivity index (χ1n) is 17.6. The van der Waals surface area contributed by atoms with Crippen LogP contribution in [0.5, 0.6) is 0 Å². The number of aromatic nitrogens is 2. The van der Waals surface area contributed by atoms with Gasteiger partial charge in [0.15, 0.2) is 0 Å². The SMILES string of the molecule is CC(C)(C)c1ccnc(-c2[c-]ccc3c2oc2cc(-c4ccccc4)ccc23)c1.Cc1c[c-]c(-c2cc(C(C)C)c([Si](C)(C)C)cn2)c(C)c1.[Ir]. The van der Waals surface area contributed by atoms with E-state index >= 15 is 0 Å². The van der Waals surface area contributed by atoms with Gasteiger partial charge in [-0.3, -0.25) is 0 Å². The van der Waals surface area contributed by atoms with Crippen LogP contribution in [0.4, 0.5) is 0 Å². The van der Waals surface area contributed by atoms with Gasteiger partial charge in [0.05, 0.1) is 13.7 Å². The monoisotopic (exact) mass is 865 g/mol. The van der Waals surface area contributed by atoms with E-state index in [4.69, 9.17) is 9.40 Å². The van der Waals surface area contributed by atoms with Crippen LogP contribution in [0.25, 0.3) is 55.6 Å². The summed E-state index contributed by atoms with van der Waals surface area (Å²) in [4.78, 5) is 9.37. The molecule has 0 bridgehead atoms. The number of furan rings is 1. The number of aryl methyl sites for hydroxylation is 2. The number of fused-ring (bicyclic) bond motifs is 3. The van der Waals surface area contributed by atoms with Crippen LogP contribution in [0.15, 0.2) is 108 Å². The summed E-state index contributed by atoms with van der Waals surface area (Å²) in [6, 6.07) is 38.3. The van der Waals surface area contributed by atoms with Gasteiger partial charge in [-0.1, -0.05) is 139 Å². The maximum absolute atomic E-state index is 6.35. The van der Waals surface area contributed by atoms with Crippen molar-refractivity contribution in [2.45, 2.75) is 79.4 Å². The molecule has 0 aliphatic rings. The maximum atomic E-state index is 6.35. The van der Waals surface area contributed by atoms with Crippen molar-refractivity contribution in [2.75, 3.05) is 0 Å². The first-order valence-corrected chi connectivity index (χ1v) is 21.1. The fraction of sp³-hybridized carbons (Fsp3) is 0.261. The Bertz CT molecular complexity index is 2290. The average Bonchev–Trinajstić information content (AvgIpc) is 3.46. The number of hydrogen-bond donors (Lipinski definition) is 0. The summed E-state index contributed by atoms with van der Waals surface area (Å²) in [5.41, 5.74) is 13.3. The Morgan fingerprint density at radius 3 is 2.14 bits per heavy atom. The molecule has 7 aromatic rings. The first-order chi connectivity index (χ1) is 23.7. The minimum Gasteiger partial charge on any atom is -0.501 e. The number of rotatable bonds is 5. The zero-order chi connectivity index (χ0) is 35.8. The molecule has 263 valence electrons. The number of nitrogens with zero attached hydrogens (tertiary/aromatic N) is 2. The van der Waals surface area contributed by atoms with E-state index in [9.17, 15) is 0 Å². The predicted molar refractivity (Wildman–Crippen MR) is 215 cm³/mol. The molecule has 4 aromatic carbocycles. The first kappa shape index (κ1) is 38.1. The molecule has 0 saturated heterocycles. The van der Waals surface area contributed by atoms with Crippen molar-refractivity contribution in [3.8, 4) is 33.6 Å². The van der Waals surface area contributed by atoms with Gasteiger partial charge in [-0.25, -0.2) is 0 Å². The van der Waals surface area contributed by atoms with Gasteiger partial charge >= 0.3 is 0 Å². The molecule has 5 heteroatoms. The van der Waals surface area contributed by atoms with Gasteiger partial charge in [-0.05, 0) is 56.7 Å². The van der Waals surface area contributed by atoms with Crippen molar-refractivity contribution in [1.29, 1.82) is 0 Å². The standard InChI is InChI=1S/C27H22NO.C19H26NSi.Ir/c1-27(2,3)20-14-15-28-24(17-20)23-11-7-10-22-21-13-12-19(16-25(21)29-26(22)23)18-8-5-4-6-9-18;1-13(2)17-11-18(20-12-19(17)21(5,6)7)16-9-8-14(3)10-15(16)4;/h4-10,12-17H,1-3H3;8,10-13H,1-7H3;/q2*-1;. The summed E-state index contributed by atoms with van der Waals surface area (Å²) in [6.07, 6.45) is 3.99. The minimum absolute atomic E-state index is 0. The minimum atomic E-state index is -1.36. The van der Waals surface area contributed by atoms with Crippen LogP contribution in [0.3, 0.4) is 0 Å². The van der Waals surface area contributed by atoms with Crippen molar-refractivity contribution in [3.63, 3.8) is 0 Å². The van der Waals surface area contributed by atoms with Gasteiger partial charge < -0.3 is 14.4 Å². The van der Waals surface area contributed by atoms with Crippen molar-refractivity contribution in [3.05, 3.63) is 138 Å². The van der Waals surface area contributed by atoms with Crippen LogP contribution in [-0.4, -0.2) is 18.0 Å². The van der Waals surface area contributed by atoms with E-state index in [2.05, 4.69) is 164 Å². The molecule has 0 aliphatic heterocycles. The third-order valence-corrected chi connectivity index (χ3v) is 11.4. The summed E-state index contributed by atoms with van der Waals surface area (Å²) in [5, 5.41) is 3.68. The average molecular weight is 865 g/mol. The molecular weight excluding hydrogens is 817 g/mol. The summed E-state index contributed by atoms with van der Waals surface area (Å²) >= 11 is 0. The van der Waals surface area contributed by atoms with Gasteiger partial charge in [0, 0.05) is 37.9 Å². The van der Waals surface area contributed by atoms with Crippen LogP contribution in [0.1, 0.15) is 62.8 Å². The number of hydrogen-bond acceptors (Lipinski definition) is 3. The smallest absolute Gasteiger partial charge is 0.121 e. The van der Waals surface area contributed by atoms with E-state index in [-0.39, 0.29) is 25.5 Å². The molecule has 0 aliphatic carbocycles. The largest absolute Gasteiger partial charge is 0.501 e. The third kappa shape index (κ3) is 8.33. The summed E-state index contributed by atoms with van der Waals surface area (Å²) in [6.45, 7) is 22.6. The molecule has 7 rings (SSSR count). The van der Waals surface area contributed by atoms with Crippen molar-refractivity contribution in [2.24, 2.45) is 0 Å². The second-order valence-electron chi connectivity index (χ2n) is 15.8. The molecule has 3 aromatic heterocycles. The van der Waals surface area contributed by atoms with E-state index < -0.39 is 8.07 Å². The van der Waals surface area contributed by atoms with E-state index in [0.29, 0.717) is 5.92 Å². The summed E-state index contributed by atoms with van der Waals surface area (Å²) < 4.78 is 6.35. The Hall–Kier alpha value is -4.15. The second-order valence-corrected chi connectivity index (χ2v) is 20.8. The molecule has 1 radical (unpaired) electrons. The molecule has 0 unspecified atom stereocenters. The van der Waals surface area contributed by atoms with Gasteiger partial charge in [0.2, 0.25) is 0 Å². The topological polar surface area (TPSA) is 38.9 Å². The fourth-order valence-electron chi connectivity index (χ4n) is 6.52. The second kappa shape index (κ2) is 15.2. The predicted octanol–water partition coefficient (Wildman–Crippen LogP) is 12.2. The van der Waals surface area contributed by atoms with Crippen molar-refractivity contribution in [1.82, 2.24) is 9.97 Å². The van der Waals surface area contributed by atoms with Crippen LogP contribution >= 0.6 is 0 Å². The summed E-state index contributed by atoms with van der Waals surface area (Å²) in [7, 11) is -1.36. The molecule has 3 heterocycles. The van der Waals surface area contributed by atoms with Gasteiger partial charge in [-0.2, -0.15) is 0 Å². The molecule has 3 nitrogen and oxygen atoms in total. The van der Waals surface area contributed by atoms with E-state index in [1.54, 1.807) is 0 Å². The molecule has 51 heavy (non-hydrogen) atoms. The molecule has 0 atom stereocenters. The Kier molecular flexibility index (Phi) is 11.4. The van der Waals surface area contributed by atoms with E-state index in [0.717, 1.165) is 50.0 Å². The Morgan fingerprint density at radius 1 is 0.745 bits per heavy atom. The molecule has 0 saturated carbocycles. The fourth-order valence-corrected chi connectivity index (χ4v) is 8.20. The zero-order valence-corrected chi connectivity index (χ0v) is 34.9. The quantitative estimate of drug-likeness (QED) is 0.128. The summed E-state index contributed by atoms with van der Waals surface area (Å²) in [5.74, 6) is 0.527. The van der Waals surface area contributed by atoms with Gasteiger partial charge in [0.1, 0.15) is 5.58 Å². The molecule has 0 fully saturated rings. The Morgan fingerprint density at radius 2 is 1.47 bits per heavy atom. The molecule has 0 spiro atoms. The van der Waals surface area contributed by atoms with Gasteiger partial charge in [-0.15, -0.1) is 53.1 Å². The molecular formula is C46H48IrN2OSi-2. The number of pyridine rings is 2. The van der Waals surface area contributed by atoms with Crippen LogP contribution < -0.4 is 5.19 Å². The molecule has 0 N–H and O–H groups in total. The van der Waals surface area contributed by atoms with Crippen LogP contribution in [0, 0.1) is 26.0 Å². The van der Waals surface area contributed by atoms with E-state index in [1.165, 1.54) is 33.0 Å². The van der Waals surface area contributed by atoms with Gasteiger partial charge in [0.25, 0.3) is 0 Å². The Balaban J connectivity index is 0.000000205.